The van der Waals surface area contributed by atoms with Crippen molar-refractivity contribution in [2.45, 2.75) is 38.0 Å². The van der Waals surface area contributed by atoms with Crippen LogP contribution in [0.2, 0.25) is 0 Å². The van der Waals surface area contributed by atoms with Gasteiger partial charge in [-0.1, -0.05) is 37.6 Å². The van der Waals surface area contributed by atoms with Crippen LogP contribution in [0.4, 0.5) is 5.69 Å². The molecule has 1 saturated heterocycles. The van der Waals surface area contributed by atoms with E-state index in [0.717, 1.165) is 25.9 Å². The number of ether oxygens (including phenoxy) is 1. The molecule has 2 aromatic carbocycles. The van der Waals surface area contributed by atoms with Gasteiger partial charge < -0.3 is 15.4 Å². The predicted molar refractivity (Wildman–Crippen MR) is 106 cm³/mol. The number of nitrogens with zero attached hydrogens (tertiary/aromatic N) is 1. The van der Waals surface area contributed by atoms with Crippen LogP contribution in [0, 0.1) is 0 Å². The second-order valence-electron chi connectivity index (χ2n) is 7.33. The van der Waals surface area contributed by atoms with Gasteiger partial charge in [-0.3, -0.25) is 0 Å². The highest BCUT2D eigenvalue weighted by molar-refractivity contribution is 5.96. The van der Waals surface area contributed by atoms with E-state index in [0.29, 0.717) is 17.0 Å². The monoisotopic (exact) mass is 352 g/mol. The lowest BCUT2D eigenvalue weighted by Gasteiger charge is -2.35. The molecule has 0 saturated carbocycles. The Morgan fingerprint density at radius 2 is 2.00 bits per heavy atom. The van der Waals surface area contributed by atoms with Crippen LogP contribution >= 0.6 is 0 Å². The Hall–Kier alpha value is -2.33. The molecular formula is C22H28N2O2. The van der Waals surface area contributed by atoms with E-state index in [9.17, 15) is 4.79 Å². The largest absolute Gasteiger partial charge is 0.423 e. The molecule has 0 radical (unpaired) electrons. The summed E-state index contributed by atoms with van der Waals surface area (Å²) in [5, 5.41) is 0. The minimum atomic E-state index is -0.413. The Balaban J connectivity index is 1.85. The molecule has 4 nitrogen and oxygen atoms in total. The van der Waals surface area contributed by atoms with Crippen molar-refractivity contribution in [1.29, 1.82) is 0 Å². The summed E-state index contributed by atoms with van der Waals surface area (Å²) >= 11 is 0. The molecule has 0 amide bonds. The average molecular weight is 352 g/mol. The Morgan fingerprint density at radius 3 is 2.77 bits per heavy atom. The van der Waals surface area contributed by atoms with Gasteiger partial charge in [0, 0.05) is 17.6 Å². The second kappa shape index (κ2) is 7.92. The Bertz CT molecular complexity index is 774. The molecule has 0 aromatic heterocycles. The van der Waals surface area contributed by atoms with Crippen LogP contribution in [0.15, 0.2) is 48.5 Å². The molecule has 0 bridgehead atoms. The lowest BCUT2D eigenvalue weighted by Crippen LogP contribution is -2.37. The second-order valence-corrected chi connectivity index (χ2v) is 7.33. The first-order valence-electron chi connectivity index (χ1n) is 9.40. The van der Waals surface area contributed by atoms with Crippen molar-refractivity contribution in [3.63, 3.8) is 0 Å². The van der Waals surface area contributed by atoms with Crippen LogP contribution in [-0.4, -0.2) is 31.0 Å². The summed E-state index contributed by atoms with van der Waals surface area (Å²) in [6.45, 7) is 4.43. The van der Waals surface area contributed by atoms with Crippen molar-refractivity contribution >= 4 is 11.7 Å². The maximum atomic E-state index is 12.5. The van der Waals surface area contributed by atoms with Crippen LogP contribution in [0.5, 0.6) is 5.75 Å². The van der Waals surface area contributed by atoms with E-state index in [-0.39, 0.29) is 5.41 Å². The molecule has 1 fully saturated rings. The van der Waals surface area contributed by atoms with Gasteiger partial charge in [0.1, 0.15) is 5.75 Å². The summed E-state index contributed by atoms with van der Waals surface area (Å²) in [6.07, 6.45) is 4.69. The van der Waals surface area contributed by atoms with Gasteiger partial charge in [-0.15, -0.1) is 0 Å². The van der Waals surface area contributed by atoms with Crippen LogP contribution in [0.3, 0.4) is 0 Å². The zero-order valence-corrected chi connectivity index (χ0v) is 15.7. The molecule has 1 atom stereocenters. The summed E-state index contributed by atoms with van der Waals surface area (Å²) in [5.41, 5.74) is 8.09. The maximum Gasteiger partial charge on any atom is 0.345 e. The number of hydrogen-bond acceptors (Lipinski definition) is 4. The summed E-state index contributed by atoms with van der Waals surface area (Å²) in [6, 6.07) is 15.0. The molecule has 1 aliphatic heterocycles. The highest BCUT2D eigenvalue weighted by Crippen LogP contribution is 2.37. The molecular weight excluding hydrogens is 324 g/mol. The van der Waals surface area contributed by atoms with Gasteiger partial charge in [0.25, 0.3) is 0 Å². The molecule has 26 heavy (non-hydrogen) atoms. The van der Waals surface area contributed by atoms with Gasteiger partial charge in [-0.2, -0.15) is 0 Å². The minimum Gasteiger partial charge on any atom is -0.423 e. The van der Waals surface area contributed by atoms with Crippen molar-refractivity contribution in [2.24, 2.45) is 0 Å². The third-order valence-corrected chi connectivity index (χ3v) is 5.53. The van der Waals surface area contributed by atoms with Gasteiger partial charge in [0.05, 0.1) is 5.56 Å². The molecule has 0 spiro atoms. The van der Waals surface area contributed by atoms with E-state index in [1.807, 2.05) is 18.2 Å². The van der Waals surface area contributed by atoms with Crippen molar-refractivity contribution in [1.82, 2.24) is 4.90 Å². The molecule has 1 heterocycles. The molecule has 0 aliphatic carbocycles. The lowest BCUT2D eigenvalue weighted by molar-refractivity contribution is 0.0735. The number of nitrogen functional groups attached to an aromatic ring is 1. The van der Waals surface area contributed by atoms with Gasteiger partial charge >= 0.3 is 5.97 Å². The van der Waals surface area contributed by atoms with Crippen molar-refractivity contribution < 1.29 is 9.53 Å². The number of carbonyl (C=O) groups is 1. The first kappa shape index (κ1) is 18.5. The Morgan fingerprint density at radius 1 is 1.19 bits per heavy atom. The van der Waals surface area contributed by atoms with E-state index in [1.165, 1.54) is 18.4 Å². The standard InChI is InChI=1S/C22H28N2O2/c1-3-22(13-6-7-14-24(2)16-22)17-9-8-10-18(15-17)26-21(25)19-11-4-5-12-20(19)23/h4-5,8-12,15H,3,6-7,13-14,16,23H2,1-2H3. The minimum absolute atomic E-state index is 0.111. The van der Waals surface area contributed by atoms with E-state index in [4.69, 9.17) is 10.5 Å². The maximum absolute atomic E-state index is 12.5. The topological polar surface area (TPSA) is 55.6 Å². The Labute approximate surface area is 156 Å². The van der Waals surface area contributed by atoms with E-state index in [1.54, 1.807) is 24.3 Å². The predicted octanol–water partition coefficient (Wildman–Crippen LogP) is 4.25. The molecule has 2 aromatic rings. The molecule has 3 rings (SSSR count). The number of esters is 1. The lowest BCUT2D eigenvalue weighted by atomic mass is 9.74. The fraction of sp³-hybridized carbons (Fsp3) is 0.409. The Kier molecular flexibility index (Phi) is 5.62. The number of hydrogen-bond donors (Lipinski definition) is 1. The van der Waals surface area contributed by atoms with Crippen LogP contribution in [-0.2, 0) is 5.41 Å². The average Bonchev–Trinajstić information content (AvgIpc) is 2.84. The van der Waals surface area contributed by atoms with Gasteiger partial charge in [-0.05, 0) is 62.7 Å². The SMILES string of the molecule is CCC1(c2cccc(OC(=O)c3ccccc3N)c2)CCCCN(C)C1. The molecule has 4 heteroatoms. The van der Waals surface area contributed by atoms with Crippen molar-refractivity contribution in [2.75, 3.05) is 25.9 Å². The van der Waals surface area contributed by atoms with Crippen molar-refractivity contribution in [3.8, 4) is 5.75 Å². The quantitative estimate of drug-likeness (QED) is 0.508. The fourth-order valence-electron chi connectivity index (χ4n) is 3.98. The number of nitrogens with two attached hydrogens (primary N) is 1. The van der Waals surface area contributed by atoms with E-state index in [2.05, 4.69) is 24.9 Å². The zero-order valence-electron chi connectivity index (χ0n) is 15.7. The number of benzene rings is 2. The summed E-state index contributed by atoms with van der Waals surface area (Å²) < 4.78 is 5.63. The summed E-state index contributed by atoms with van der Waals surface area (Å²) in [4.78, 5) is 14.9. The summed E-state index contributed by atoms with van der Waals surface area (Å²) in [7, 11) is 2.19. The number of para-hydroxylation sites is 1. The molecule has 1 aliphatic rings. The third-order valence-electron chi connectivity index (χ3n) is 5.53. The normalized spacial score (nSPS) is 21.2. The first-order valence-corrected chi connectivity index (χ1v) is 9.40. The number of anilines is 1. The van der Waals surface area contributed by atoms with Gasteiger partial charge in [-0.25, -0.2) is 4.79 Å². The number of carbonyl (C=O) groups excluding carboxylic acids is 1. The highest BCUT2D eigenvalue weighted by atomic mass is 16.5. The third kappa shape index (κ3) is 3.91. The molecule has 1 unspecified atom stereocenters. The number of likely N-dealkylation sites (tertiary alicyclic amines) is 1. The van der Waals surface area contributed by atoms with Crippen LogP contribution < -0.4 is 10.5 Å². The van der Waals surface area contributed by atoms with Crippen molar-refractivity contribution in [3.05, 3.63) is 59.7 Å². The number of likely N-dealkylation sites (N-methyl/N-ethyl adjacent to an activating group) is 1. The fourth-order valence-corrected chi connectivity index (χ4v) is 3.98. The smallest absolute Gasteiger partial charge is 0.345 e. The van der Waals surface area contributed by atoms with Crippen LogP contribution in [0.1, 0.15) is 48.5 Å². The molecule has 2 N–H and O–H groups in total. The van der Waals surface area contributed by atoms with Gasteiger partial charge in [0.15, 0.2) is 0 Å². The van der Waals surface area contributed by atoms with E-state index >= 15 is 0 Å². The highest BCUT2D eigenvalue weighted by Gasteiger charge is 2.33. The zero-order chi connectivity index (χ0) is 18.6. The number of rotatable bonds is 4. The molecule has 138 valence electrons. The van der Waals surface area contributed by atoms with Crippen LogP contribution in [0.25, 0.3) is 0 Å². The van der Waals surface area contributed by atoms with E-state index < -0.39 is 5.97 Å². The first-order chi connectivity index (χ1) is 12.5. The van der Waals surface area contributed by atoms with Gasteiger partial charge in [0.2, 0.25) is 0 Å². The summed E-state index contributed by atoms with van der Waals surface area (Å²) in [5.74, 6) is 0.166.